The predicted octanol–water partition coefficient (Wildman–Crippen LogP) is 1.91. The summed E-state index contributed by atoms with van der Waals surface area (Å²) in [5.41, 5.74) is 10.2. The van der Waals surface area contributed by atoms with Crippen LogP contribution < -0.4 is 5.73 Å². The Balaban J connectivity index is 2.24. The topological polar surface area (TPSA) is 56.7 Å². The molecule has 0 aliphatic carbocycles. The van der Waals surface area contributed by atoms with Gasteiger partial charge in [0.05, 0.1) is 17.9 Å². The van der Waals surface area contributed by atoms with Crippen molar-refractivity contribution in [2.45, 2.75) is 39.8 Å². The number of aromatic nitrogens is 3. The zero-order chi connectivity index (χ0) is 13.0. The number of pyridine rings is 1. The molecule has 0 amide bonds. The lowest BCUT2D eigenvalue weighted by molar-refractivity contribution is 0.639. The maximum atomic E-state index is 5.61. The first-order valence-corrected chi connectivity index (χ1v) is 6.46. The Morgan fingerprint density at radius 3 is 2.67 bits per heavy atom. The molecule has 0 atom stereocenters. The fourth-order valence-electron chi connectivity index (χ4n) is 2.02. The van der Waals surface area contributed by atoms with E-state index >= 15 is 0 Å². The Hall–Kier alpha value is -1.68. The van der Waals surface area contributed by atoms with Crippen LogP contribution in [0.2, 0.25) is 0 Å². The number of nitrogens with zero attached hydrogens (tertiary/aromatic N) is 3. The van der Waals surface area contributed by atoms with Crippen molar-refractivity contribution in [1.82, 2.24) is 14.8 Å². The zero-order valence-electron chi connectivity index (χ0n) is 11.1. The minimum absolute atomic E-state index is 0.480. The van der Waals surface area contributed by atoms with Crippen LogP contribution >= 0.6 is 0 Å². The Morgan fingerprint density at radius 2 is 2.00 bits per heavy atom. The molecule has 0 aliphatic rings. The molecule has 2 rings (SSSR count). The lowest BCUT2D eigenvalue weighted by Crippen LogP contribution is -2.07. The Morgan fingerprint density at radius 1 is 1.17 bits per heavy atom. The maximum absolute atomic E-state index is 5.61. The molecule has 2 N–H and O–H groups in total. The number of nitrogens with two attached hydrogens (primary N) is 1. The maximum Gasteiger partial charge on any atom is 0.0663 e. The first-order chi connectivity index (χ1) is 8.76. The molecule has 0 bridgehead atoms. The third kappa shape index (κ3) is 2.76. The highest BCUT2D eigenvalue weighted by Gasteiger charge is 2.06. The van der Waals surface area contributed by atoms with Crippen molar-refractivity contribution in [3.8, 4) is 0 Å². The highest BCUT2D eigenvalue weighted by atomic mass is 15.3. The first-order valence-electron chi connectivity index (χ1n) is 6.46. The molecule has 96 valence electrons. The summed E-state index contributed by atoms with van der Waals surface area (Å²) >= 11 is 0. The van der Waals surface area contributed by atoms with Gasteiger partial charge in [-0.25, -0.2) is 0 Å². The molecular weight excluding hydrogens is 224 g/mol. The molecule has 0 saturated heterocycles. The summed E-state index contributed by atoms with van der Waals surface area (Å²) in [6, 6.07) is 6.25. The third-order valence-electron chi connectivity index (χ3n) is 3.06. The Kier molecular flexibility index (Phi) is 4.10. The second-order valence-corrected chi connectivity index (χ2v) is 4.35. The summed E-state index contributed by atoms with van der Waals surface area (Å²) in [6.45, 7) is 5.56. The van der Waals surface area contributed by atoms with Gasteiger partial charge in [-0.2, -0.15) is 5.10 Å². The molecule has 0 aliphatic heterocycles. The van der Waals surface area contributed by atoms with Crippen molar-refractivity contribution < 1.29 is 0 Å². The van der Waals surface area contributed by atoms with Crippen LogP contribution in [0.3, 0.4) is 0 Å². The summed E-state index contributed by atoms with van der Waals surface area (Å²) in [5, 5.41) is 4.62. The molecule has 0 unspecified atom stereocenters. The van der Waals surface area contributed by atoms with E-state index in [2.05, 4.69) is 34.7 Å². The number of rotatable bonds is 5. The monoisotopic (exact) mass is 244 g/mol. The van der Waals surface area contributed by atoms with Crippen molar-refractivity contribution in [2.24, 2.45) is 5.73 Å². The van der Waals surface area contributed by atoms with Crippen molar-refractivity contribution in [3.63, 3.8) is 0 Å². The van der Waals surface area contributed by atoms with Gasteiger partial charge in [-0.15, -0.1) is 0 Å². The first kappa shape index (κ1) is 12.8. The molecule has 0 aromatic carbocycles. The van der Waals surface area contributed by atoms with Gasteiger partial charge < -0.3 is 5.73 Å². The van der Waals surface area contributed by atoms with E-state index in [1.165, 1.54) is 11.3 Å². The van der Waals surface area contributed by atoms with Gasteiger partial charge in [0.15, 0.2) is 0 Å². The SMILES string of the molecule is CCc1cc(CC)n(Cc2ccnc(CN)c2)n1. The standard InChI is InChI=1S/C14H20N4/c1-3-12-8-14(4-2)18(17-12)10-11-5-6-16-13(7-11)9-15/h5-8H,3-4,9-10,15H2,1-2H3. The molecule has 2 aromatic rings. The van der Waals surface area contributed by atoms with Crippen molar-refractivity contribution in [3.05, 3.63) is 47.0 Å². The van der Waals surface area contributed by atoms with Gasteiger partial charge in [-0.1, -0.05) is 13.8 Å². The van der Waals surface area contributed by atoms with Crippen LogP contribution in [0.5, 0.6) is 0 Å². The third-order valence-corrected chi connectivity index (χ3v) is 3.06. The summed E-state index contributed by atoms with van der Waals surface area (Å²) in [5.74, 6) is 0. The summed E-state index contributed by atoms with van der Waals surface area (Å²) in [4.78, 5) is 4.21. The second kappa shape index (κ2) is 5.78. The number of aryl methyl sites for hydroxylation is 2. The molecule has 2 heterocycles. The van der Waals surface area contributed by atoms with Gasteiger partial charge in [0.2, 0.25) is 0 Å². The number of hydrogen-bond donors (Lipinski definition) is 1. The average Bonchev–Trinajstić information content (AvgIpc) is 2.81. The van der Waals surface area contributed by atoms with Crippen LogP contribution in [0.25, 0.3) is 0 Å². The Labute approximate surface area is 108 Å². The second-order valence-electron chi connectivity index (χ2n) is 4.35. The lowest BCUT2D eigenvalue weighted by atomic mass is 10.2. The van der Waals surface area contributed by atoms with E-state index in [1.54, 1.807) is 0 Å². The van der Waals surface area contributed by atoms with Crippen LogP contribution in [-0.4, -0.2) is 14.8 Å². The predicted molar refractivity (Wildman–Crippen MR) is 72.2 cm³/mol. The average molecular weight is 244 g/mol. The van der Waals surface area contributed by atoms with E-state index < -0.39 is 0 Å². The molecule has 4 nitrogen and oxygen atoms in total. The van der Waals surface area contributed by atoms with Crippen LogP contribution in [0.1, 0.15) is 36.5 Å². The quantitative estimate of drug-likeness (QED) is 0.874. The van der Waals surface area contributed by atoms with Gasteiger partial charge in [-0.05, 0) is 36.6 Å². The van der Waals surface area contributed by atoms with E-state index in [4.69, 9.17) is 5.73 Å². The van der Waals surface area contributed by atoms with Gasteiger partial charge in [0, 0.05) is 18.4 Å². The molecule has 0 saturated carbocycles. The molecular formula is C14H20N4. The molecule has 0 fully saturated rings. The van der Waals surface area contributed by atoms with Gasteiger partial charge in [0.1, 0.15) is 0 Å². The van der Waals surface area contributed by atoms with Gasteiger partial charge >= 0.3 is 0 Å². The summed E-state index contributed by atoms with van der Waals surface area (Å²) < 4.78 is 2.08. The van der Waals surface area contributed by atoms with E-state index in [9.17, 15) is 0 Å². The van der Waals surface area contributed by atoms with Gasteiger partial charge in [-0.3, -0.25) is 9.67 Å². The lowest BCUT2D eigenvalue weighted by Gasteiger charge is -2.07. The van der Waals surface area contributed by atoms with Crippen LogP contribution in [0, 0.1) is 0 Å². The molecule has 0 radical (unpaired) electrons. The smallest absolute Gasteiger partial charge is 0.0663 e. The van der Waals surface area contributed by atoms with Crippen LogP contribution in [0.15, 0.2) is 24.4 Å². The summed E-state index contributed by atoms with van der Waals surface area (Å²) in [7, 11) is 0. The van der Waals surface area contributed by atoms with Crippen molar-refractivity contribution in [2.75, 3.05) is 0 Å². The summed E-state index contributed by atoms with van der Waals surface area (Å²) in [6.07, 6.45) is 3.79. The molecule has 18 heavy (non-hydrogen) atoms. The molecule has 4 heteroatoms. The normalized spacial score (nSPS) is 10.8. The van der Waals surface area contributed by atoms with Crippen molar-refractivity contribution >= 4 is 0 Å². The van der Waals surface area contributed by atoms with Crippen molar-refractivity contribution in [1.29, 1.82) is 0 Å². The fourth-order valence-corrected chi connectivity index (χ4v) is 2.02. The van der Waals surface area contributed by atoms with E-state index in [0.29, 0.717) is 6.54 Å². The fraction of sp³-hybridized carbons (Fsp3) is 0.429. The zero-order valence-corrected chi connectivity index (χ0v) is 11.1. The van der Waals surface area contributed by atoms with Gasteiger partial charge in [0.25, 0.3) is 0 Å². The van der Waals surface area contributed by atoms with E-state index in [1.807, 2.05) is 18.3 Å². The molecule has 0 spiro atoms. The van der Waals surface area contributed by atoms with E-state index in [-0.39, 0.29) is 0 Å². The minimum atomic E-state index is 0.480. The number of hydrogen-bond acceptors (Lipinski definition) is 3. The largest absolute Gasteiger partial charge is 0.325 e. The van der Waals surface area contributed by atoms with Crippen LogP contribution in [-0.2, 0) is 25.9 Å². The highest BCUT2D eigenvalue weighted by molar-refractivity contribution is 5.18. The van der Waals surface area contributed by atoms with E-state index in [0.717, 1.165) is 30.8 Å². The molecule has 2 aromatic heterocycles. The highest BCUT2D eigenvalue weighted by Crippen LogP contribution is 2.10. The minimum Gasteiger partial charge on any atom is -0.325 e. The Bertz CT molecular complexity index is 516. The van der Waals surface area contributed by atoms with Crippen LogP contribution in [0.4, 0.5) is 0 Å².